The van der Waals surface area contributed by atoms with E-state index in [9.17, 15) is 0 Å². The number of hydrogen-bond donors (Lipinski definition) is 0. The summed E-state index contributed by atoms with van der Waals surface area (Å²) in [5.74, 6) is 0. The summed E-state index contributed by atoms with van der Waals surface area (Å²) in [5.41, 5.74) is 2.22. The molecule has 0 radical (unpaired) electrons. The SMILES string of the molecule is COC1CN(Cc2c(Br)c(C)nn2C)CC1OC. The monoisotopic (exact) mass is 317 g/mol. The highest BCUT2D eigenvalue weighted by Crippen LogP contribution is 2.24. The minimum atomic E-state index is 0.156. The zero-order chi connectivity index (χ0) is 13.3. The standard InChI is InChI=1S/C12H20BrN3O2/c1-8-12(13)9(15(2)14-8)5-16-6-10(17-3)11(7-16)18-4/h10-11H,5-7H2,1-4H3. The van der Waals surface area contributed by atoms with Gasteiger partial charge in [-0.3, -0.25) is 9.58 Å². The molecule has 1 fully saturated rings. The summed E-state index contributed by atoms with van der Waals surface area (Å²) < 4.78 is 13.9. The van der Waals surface area contributed by atoms with Crippen LogP contribution in [0.4, 0.5) is 0 Å². The van der Waals surface area contributed by atoms with Crippen LogP contribution >= 0.6 is 15.9 Å². The number of aromatic nitrogens is 2. The van der Waals surface area contributed by atoms with E-state index in [1.54, 1.807) is 14.2 Å². The smallest absolute Gasteiger partial charge is 0.0971 e. The van der Waals surface area contributed by atoms with E-state index in [0.29, 0.717) is 0 Å². The number of methoxy groups -OCH3 is 2. The van der Waals surface area contributed by atoms with E-state index >= 15 is 0 Å². The van der Waals surface area contributed by atoms with Crippen molar-refractivity contribution in [1.29, 1.82) is 0 Å². The average molecular weight is 318 g/mol. The molecular formula is C12H20BrN3O2. The number of ether oxygens (including phenoxy) is 2. The number of hydrogen-bond acceptors (Lipinski definition) is 4. The van der Waals surface area contributed by atoms with Gasteiger partial charge in [-0.2, -0.15) is 5.10 Å². The van der Waals surface area contributed by atoms with Crippen molar-refractivity contribution in [1.82, 2.24) is 14.7 Å². The third kappa shape index (κ3) is 2.61. The fourth-order valence-electron chi connectivity index (χ4n) is 2.46. The van der Waals surface area contributed by atoms with E-state index in [-0.39, 0.29) is 12.2 Å². The lowest BCUT2D eigenvalue weighted by Gasteiger charge is -2.15. The lowest BCUT2D eigenvalue weighted by atomic mass is 10.3. The first-order valence-corrected chi connectivity index (χ1v) is 6.82. The molecule has 2 rings (SSSR count). The second-order valence-electron chi connectivity index (χ2n) is 4.71. The Kier molecular flexibility index (Phi) is 4.42. The topological polar surface area (TPSA) is 39.5 Å². The summed E-state index contributed by atoms with van der Waals surface area (Å²) in [6, 6.07) is 0. The first kappa shape index (κ1) is 14.0. The molecule has 5 nitrogen and oxygen atoms in total. The molecule has 18 heavy (non-hydrogen) atoms. The predicted octanol–water partition coefficient (Wildman–Crippen LogP) is 1.34. The highest BCUT2D eigenvalue weighted by molar-refractivity contribution is 9.10. The molecule has 0 spiro atoms. The van der Waals surface area contributed by atoms with Crippen LogP contribution in [0.15, 0.2) is 4.47 Å². The van der Waals surface area contributed by atoms with Gasteiger partial charge >= 0.3 is 0 Å². The Balaban J connectivity index is 2.07. The number of aryl methyl sites for hydroxylation is 2. The Morgan fingerprint density at radius 2 is 1.83 bits per heavy atom. The van der Waals surface area contributed by atoms with Crippen molar-refractivity contribution >= 4 is 15.9 Å². The lowest BCUT2D eigenvalue weighted by Crippen LogP contribution is -2.27. The minimum Gasteiger partial charge on any atom is -0.377 e. The Bertz CT molecular complexity index is 410. The molecule has 0 bridgehead atoms. The molecule has 0 N–H and O–H groups in total. The van der Waals surface area contributed by atoms with E-state index < -0.39 is 0 Å². The van der Waals surface area contributed by atoms with Crippen LogP contribution in [0.5, 0.6) is 0 Å². The lowest BCUT2D eigenvalue weighted by molar-refractivity contribution is -0.00461. The van der Waals surface area contributed by atoms with Crippen molar-refractivity contribution < 1.29 is 9.47 Å². The highest BCUT2D eigenvalue weighted by Gasteiger charge is 2.33. The molecule has 2 heterocycles. The van der Waals surface area contributed by atoms with Gasteiger partial charge < -0.3 is 9.47 Å². The van der Waals surface area contributed by atoms with Crippen LogP contribution in [-0.4, -0.2) is 54.2 Å². The molecule has 2 atom stereocenters. The van der Waals surface area contributed by atoms with Crippen LogP contribution in [0.25, 0.3) is 0 Å². The van der Waals surface area contributed by atoms with Gasteiger partial charge in [0.15, 0.2) is 0 Å². The molecule has 102 valence electrons. The summed E-state index contributed by atoms with van der Waals surface area (Å²) in [4.78, 5) is 2.34. The van der Waals surface area contributed by atoms with E-state index in [1.165, 1.54) is 5.69 Å². The average Bonchev–Trinajstić information content (AvgIpc) is 2.86. The molecule has 6 heteroatoms. The largest absolute Gasteiger partial charge is 0.377 e. The first-order chi connectivity index (χ1) is 8.56. The molecular weight excluding hydrogens is 298 g/mol. The molecule has 1 aliphatic rings. The Morgan fingerprint density at radius 1 is 1.28 bits per heavy atom. The molecule has 2 unspecified atom stereocenters. The molecule has 1 aromatic rings. The molecule has 0 saturated carbocycles. The molecule has 0 amide bonds. The van der Waals surface area contributed by atoms with E-state index in [0.717, 1.165) is 29.8 Å². The second kappa shape index (κ2) is 5.69. The molecule has 0 aliphatic carbocycles. The maximum atomic E-state index is 5.45. The molecule has 1 saturated heterocycles. The number of likely N-dealkylation sites (tertiary alicyclic amines) is 1. The zero-order valence-corrected chi connectivity index (χ0v) is 12.9. The fourth-order valence-corrected chi connectivity index (χ4v) is 2.93. The number of rotatable bonds is 4. The van der Waals surface area contributed by atoms with Crippen LogP contribution in [0.3, 0.4) is 0 Å². The fraction of sp³-hybridized carbons (Fsp3) is 0.750. The summed E-state index contributed by atoms with van der Waals surface area (Å²) >= 11 is 3.60. The van der Waals surface area contributed by atoms with Crippen molar-refractivity contribution in [3.8, 4) is 0 Å². The van der Waals surface area contributed by atoms with Gasteiger partial charge in [0.05, 0.1) is 28.1 Å². The third-order valence-corrected chi connectivity index (χ3v) is 4.56. The van der Waals surface area contributed by atoms with Crippen LogP contribution in [0, 0.1) is 6.92 Å². The molecule has 1 aliphatic heterocycles. The first-order valence-electron chi connectivity index (χ1n) is 6.02. The predicted molar refractivity (Wildman–Crippen MR) is 72.5 cm³/mol. The quantitative estimate of drug-likeness (QED) is 0.840. The summed E-state index contributed by atoms with van der Waals surface area (Å²) in [5, 5.41) is 4.41. The van der Waals surface area contributed by atoms with Gasteiger partial charge in [-0.25, -0.2) is 0 Å². The van der Waals surface area contributed by atoms with Crippen LogP contribution in [0.1, 0.15) is 11.4 Å². The maximum Gasteiger partial charge on any atom is 0.0971 e. The number of halogens is 1. The van der Waals surface area contributed by atoms with Gasteiger partial charge in [0.2, 0.25) is 0 Å². The van der Waals surface area contributed by atoms with Gasteiger partial charge in [-0.1, -0.05) is 0 Å². The summed E-state index contributed by atoms with van der Waals surface area (Å²) in [6.45, 7) is 4.66. The highest BCUT2D eigenvalue weighted by atomic mass is 79.9. The maximum absolute atomic E-state index is 5.45. The zero-order valence-electron chi connectivity index (χ0n) is 11.3. The molecule has 1 aromatic heterocycles. The normalized spacial score (nSPS) is 24.9. The second-order valence-corrected chi connectivity index (χ2v) is 5.51. The van der Waals surface area contributed by atoms with E-state index in [4.69, 9.17) is 9.47 Å². The van der Waals surface area contributed by atoms with Crippen molar-refractivity contribution in [3.05, 3.63) is 15.9 Å². The van der Waals surface area contributed by atoms with Crippen molar-refractivity contribution in [2.45, 2.75) is 25.7 Å². The Labute approximate surface area is 116 Å². The van der Waals surface area contributed by atoms with Crippen molar-refractivity contribution in [3.63, 3.8) is 0 Å². The number of nitrogens with zero attached hydrogens (tertiary/aromatic N) is 3. The third-order valence-electron chi connectivity index (χ3n) is 3.53. The van der Waals surface area contributed by atoms with Gasteiger partial charge in [0.1, 0.15) is 0 Å². The van der Waals surface area contributed by atoms with E-state index in [1.807, 2.05) is 18.7 Å². The van der Waals surface area contributed by atoms with Crippen molar-refractivity contribution in [2.75, 3.05) is 27.3 Å². The van der Waals surface area contributed by atoms with Gasteiger partial charge in [0, 0.05) is 40.9 Å². The van der Waals surface area contributed by atoms with Crippen molar-refractivity contribution in [2.24, 2.45) is 7.05 Å². The Morgan fingerprint density at radius 3 is 2.22 bits per heavy atom. The van der Waals surface area contributed by atoms with Crippen LogP contribution < -0.4 is 0 Å². The van der Waals surface area contributed by atoms with Crippen LogP contribution in [0.2, 0.25) is 0 Å². The minimum absolute atomic E-state index is 0.156. The summed E-state index contributed by atoms with van der Waals surface area (Å²) in [7, 11) is 5.46. The van der Waals surface area contributed by atoms with Gasteiger partial charge in [-0.05, 0) is 22.9 Å². The van der Waals surface area contributed by atoms with Gasteiger partial charge in [0.25, 0.3) is 0 Å². The summed E-state index contributed by atoms with van der Waals surface area (Å²) in [6.07, 6.45) is 0.311. The van der Waals surface area contributed by atoms with Crippen LogP contribution in [-0.2, 0) is 23.1 Å². The Hall–Kier alpha value is -0.430. The molecule has 0 aromatic carbocycles. The van der Waals surface area contributed by atoms with Gasteiger partial charge in [-0.15, -0.1) is 0 Å². The van der Waals surface area contributed by atoms with E-state index in [2.05, 4.69) is 25.9 Å².